The van der Waals surface area contributed by atoms with Gasteiger partial charge in [0.25, 0.3) is 0 Å². The van der Waals surface area contributed by atoms with Gasteiger partial charge in [-0.1, -0.05) is 11.6 Å². The molecule has 14 heavy (non-hydrogen) atoms. The maximum atomic E-state index is 5.22. The molecule has 2 nitrogen and oxygen atoms in total. The second-order valence-electron chi connectivity index (χ2n) is 3.46. The van der Waals surface area contributed by atoms with E-state index >= 15 is 0 Å². The predicted molar refractivity (Wildman–Crippen MR) is 60.1 cm³/mol. The van der Waals surface area contributed by atoms with E-state index < -0.39 is 0 Å². The van der Waals surface area contributed by atoms with Crippen LogP contribution < -0.4 is 5.32 Å². The second kappa shape index (κ2) is 5.66. The molecule has 1 aliphatic rings. The van der Waals surface area contributed by atoms with Gasteiger partial charge >= 0.3 is 0 Å². The molecule has 0 fully saturated rings. The molecule has 1 rings (SSSR count). The minimum atomic E-state index is 0.926. The highest BCUT2D eigenvalue weighted by atomic mass is 16.5. The van der Waals surface area contributed by atoms with Crippen molar-refractivity contribution in [3.05, 3.63) is 35.1 Å². The van der Waals surface area contributed by atoms with Crippen molar-refractivity contribution >= 4 is 0 Å². The fraction of sp³-hybridized carbons (Fsp3) is 0.500. The van der Waals surface area contributed by atoms with Crippen molar-refractivity contribution in [1.82, 2.24) is 5.32 Å². The van der Waals surface area contributed by atoms with Crippen LogP contribution in [0, 0.1) is 0 Å². The number of nitrogens with one attached hydrogen (secondary N) is 1. The van der Waals surface area contributed by atoms with Crippen LogP contribution in [0.3, 0.4) is 0 Å². The van der Waals surface area contributed by atoms with E-state index in [0.29, 0.717) is 0 Å². The minimum Gasteiger partial charge on any atom is -0.497 e. The van der Waals surface area contributed by atoms with Crippen LogP contribution in [0.4, 0.5) is 0 Å². The highest BCUT2D eigenvalue weighted by Crippen LogP contribution is 2.23. The van der Waals surface area contributed by atoms with Gasteiger partial charge in [-0.25, -0.2) is 0 Å². The van der Waals surface area contributed by atoms with Crippen molar-refractivity contribution in [3.8, 4) is 0 Å². The molecule has 2 heteroatoms. The molecule has 0 amide bonds. The first-order chi connectivity index (χ1) is 6.77. The van der Waals surface area contributed by atoms with Gasteiger partial charge in [-0.3, -0.25) is 0 Å². The third kappa shape index (κ3) is 3.04. The van der Waals surface area contributed by atoms with Crippen molar-refractivity contribution in [1.29, 1.82) is 0 Å². The molecule has 0 aromatic heterocycles. The van der Waals surface area contributed by atoms with Gasteiger partial charge in [-0.05, 0) is 44.5 Å². The van der Waals surface area contributed by atoms with E-state index in [9.17, 15) is 0 Å². The van der Waals surface area contributed by atoms with Crippen LogP contribution in [-0.2, 0) is 4.74 Å². The standard InChI is InChI=1S/C12H19NO/c1-10(7-8-13-2)11-5-4-6-12(9-11)14-3/h6-7,9,13H,4-5,8H2,1-3H3/b10-7+. The Balaban J connectivity index is 2.68. The van der Waals surface area contributed by atoms with Crippen molar-refractivity contribution < 1.29 is 4.74 Å². The van der Waals surface area contributed by atoms with E-state index in [1.54, 1.807) is 7.11 Å². The fourth-order valence-corrected chi connectivity index (χ4v) is 1.51. The summed E-state index contributed by atoms with van der Waals surface area (Å²) in [6.45, 7) is 3.08. The molecule has 0 saturated carbocycles. The third-order valence-corrected chi connectivity index (χ3v) is 2.43. The fourth-order valence-electron chi connectivity index (χ4n) is 1.51. The molecule has 1 N–H and O–H groups in total. The predicted octanol–water partition coefficient (Wildman–Crippen LogP) is 2.40. The highest BCUT2D eigenvalue weighted by Gasteiger charge is 2.06. The van der Waals surface area contributed by atoms with E-state index in [-0.39, 0.29) is 0 Å². The molecule has 0 heterocycles. The van der Waals surface area contributed by atoms with Gasteiger partial charge in [0.15, 0.2) is 0 Å². The van der Waals surface area contributed by atoms with Crippen LogP contribution in [0.15, 0.2) is 35.1 Å². The average molecular weight is 193 g/mol. The molecule has 0 aromatic rings. The summed E-state index contributed by atoms with van der Waals surface area (Å²) in [7, 11) is 3.68. The van der Waals surface area contributed by atoms with E-state index in [1.165, 1.54) is 11.1 Å². The number of methoxy groups -OCH3 is 1. The summed E-state index contributed by atoms with van der Waals surface area (Å²) in [6.07, 6.45) is 8.68. The van der Waals surface area contributed by atoms with Crippen LogP contribution in [-0.4, -0.2) is 20.7 Å². The van der Waals surface area contributed by atoms with Gasteiger partial charge in [-0.2, -0.15) is 0 Å². The molecule has 0 unspecified atom stereocenters. The smallest absolute Gasteiger partial charge is 0.115 e. The molecular formula is C12H19NO. The Labute approximate surface area is 86.3 Å². The van der Waals surface area contributed by atoms with Crippen molar-refractivity contribution in [3.63, 3.8) is 0 Å². The van der Waals surface area contributed by atoms with E-state index in [4.69, 9.17) is 4.74 Å². The van der Waals surface area contributed by atoms with Crippen LogP contribution in [0.1, 0.15) is 19.8 Å². The molecule has 0 aliphatic heterocycles. The SMILES string of the molecule is CNC/C=C(\C)C1=CC(OC)=CCC1. The van der Waals surface area contributed by atoms with Crippen molar-refractivity contribution in [2.75, 3.05) is 20.7 Å². The normalized spacial score (nSPS) is 17.5. The van der Waals surface area contributed by atoms with Crippen LogP contribution in [0.2, 0.25) is 0 Å². The van der Waals surface area contributed by atoms with Crippen molar-refractivity contribution in [2.45, 2.75) is 19.8 Å². The summed E-state index contributed by atoms with van der Waals surface area (Å²) in [5, 5.41) is 3.11. The molecule has 0 radical (unpaired) electrons. The van der Waals surface area contributed by atoms with Gasteiger partial charge in [0.2, 0.25) is 0 Å². The lowest BCUT2D eigenvalue weighted by atomic mass is 9.97. The van der Waals surface area contributed by atoms with E-state index in [1.807, 2.05) is 7.05 Å². The maximum Gasteiger partial charge on any atom is 0.115 e. The lowest BCUT2D eigenvalue weighted by Gasteiger charge is -2.13. The Morgan fingerprint density at radius 3 is 3.07 bits per heavy atom. The first-order valence-corrected chi connectivity index (χ1v) is 5.04. The molecule has 1 aliphatic carbocycles. The highest BCUT2D eigenvalue weighted by molar-refractivity contribution is 5.37. The number of hydrogen-bond acceptors (Lipinski definition) is 2. The second-order valence-corrected chi connectivity index (χ2v) is 3.46. The molecule has 78 valence electrons. The molecule has 0 spiro atoms. The van der Waals surface area contributed by atoms with Gasteiger partial charge in [0.1, 0.15) is 5.76 Å². The molecule has 0 bridgehead atoms. The Morgan fingerprint density at radius 1 is 1.64 bits per heavy atom. The number of allylic oxidation sites excluding steroid dienone is 4. The summed E-state index contributed by atoms with van der Waals surface area (Å²) < 4.78 is 5.22. The summed E-state index contributed by atoms with van der Waals surface area (Å²) in [5.74, 6) is 0.989. The van der Waals surface area contributed by atoms with Crippen LogP contribution in [0.25, 0.3) is 0 Å². The largest absolute Gasteiger partial charge is 0.497 e. The Kier molecular flexibility index (Phi) is 4.47. The van der Waals surface area contributed by atoms with Crippen LogP contribution in [0.5, 0.6) is 0 Å². The van der Waals surface area contributed by atoms with Gasteiger partial charge in [0, 0.05) is 6.54 Å². The molecule has 0 aromatic carbocycles. The Hall–Kier alpha value is -1.02. The lowest BCUT2D eigenvalue weighted by Crippen LogP contribution is -2.05. The van der Waals surface area contributed by atoms with Gasteiger partial charge in [0.05, 0.1) is 7.11 Å². The van der Waals surface area contributed by atoms with Crippen LogP contribution >= 0.6 is 0 Å². The van der Waals surface area contributed by atoms with Gasteiger partial charge < -0.3 is 10.1 Å². The number of hydrogen-bond donors (Lipinski definition) is 1. The van der Waals surface area contributed by atoms with Gasteiger partial charge in [-0.15, -0.1) is 0 Å². The first-order valence-electron chi connectivity index (χ1n) is 5.04. The summed E-state index contributed by atoms with van der Waals surface area (Å²) in [5.41, 5.74) is 2.74. The summed E-state index contributed by atoms with van der Waals surface area (Å²) in [4.78, 5) is 0. The zero-order chi connectivity index (χ0) is 10.4. The lowest BCUT2D eigenvalue weighted by molar-refractivity contribution is 0.303. The zero-order valence-electron chi connectivity index (χ0n) is 9.26. The third-order valence-electron chi connectivity index (χ3n) is 2.43. The monoisotopic (exact) mass is 193 g/mol. The molecule has 0 atom stereocenters. The minimum absolute atomic E-state index is 0.926. The maximum absolute atomic E-state index is 5.22. The average Bonchev–Trinajstić information content (AvgIpc) is 2.26. The summed E-state index contributed by atoms with van der Waals surface area (Å²) in [6, 6.07) is 0. The van der Waals surface area contributed by atoms with E-state index in [2.05, 4.69) is 30.5 Å². The number of rotatable bonds is 4. The zero-order valence-corrected chi connectivity index (χ0v) is 9.26. The number of likely N-dealkylation sites (N-methyl/N-ethyl adjacent to an activating group) is 1. The Morgan fingerprint density at radius 2 is 2.43 bits per heavy atom. The quantitative estimate of drug-likeness (QED) is 0.740. The van der Waals surface area contributed by atoms with Crippen molar-refractivity contribution in [2.24, 2.45) is 0 Å². The molecule has 0 saturated heterocycles. The Bertz CT molecular complexity index is 274. The molecular weight excluding hydrogens is 174 g/mol. The first kappa shape index (κ1) is 11.1. The van der Waals surface area contributed by atoms with E-state index in [0.717, 1.165) is 25.1 Å². The summed E-state index contributed by atoms with van der Waals surface area (Å²) >= 11 is 0. The number of ether oxygens (including phenoxy) is 1. The topological polar surface area (TPSA) is 21.3 Å².